The Hall–Kier alpha value is -1.61. The van der Waals surface area contributed by atoms with Gasteiger partial charge in [0.2, 0.25) is 0 Å². The number of fused-ring (bicyclic) bond motifs is 1. The number of hydrogen-bond acceptors (Lipinski definition) is 3. The van der Waals surface area contributed by atoms with Crippen molar-refractivity contribution < 1.29 is 5.11 Å². The topological polar surface area (TPSA) is 45.1 Å². The summed E-state index contributed by atoms with van der Waals surface area (Å²) in [5.41, 5.74) is 1.81. The number of nitrogens with one attached hydrogen (secondary N) is 1. The van der Waals surface area contributed by atoms with Crippen molar-refractivity contribution in [1.29, 1.82) is 0 Å². The zero-order valence-corrected chi connectivity index (χ0v) is 7.99. The molecular formula is C11H12N2O. The van der Waals surface area contributed by atoms with E-state index in [2.05, 4.69) is 10.3 Å². The molecular weight excluding hydrogens is 176 g/mol. The second-order valence-electron chi connectivity index (χ2n) is 3.21. The molecule has 14 heavy (non-hydrogen) atoms. The highest BCUT2D eigenvalue weighted by atomic mass is 16.3. The van der Waals surface area contributed by atoms with E-state index in [9.17, 15) is 5.11 Å². The lowest BCUT2D eigenvalue weighted by Gasteiger charge is -2.02. The predicted molar refractivity (Wildman–Crippen MR) is 56.2 cm³/mol. The van der Waals surface area contributed by atoms with E-state index in [1.807, 2.05) is 25.2 Å². The van der Waals surface area contributed by atoms with Crippen molar-refractivity contribution in [3.05, 3.63) is 36.0 Å². The Bertz CT molecular complexity index is 454. The van der Waals surface area contributed by atoms with E-state index in [1.165, 1.54) is 0 Å². The molecule has 0 bridgehead atoms. The third-order valence-electron chi connectivity index (χ3n) is 2.09. The molecule has 2 aromatic rings. The van der Waals surface area contributed by atoms with E-state index >= 15 is 0 Å². The minimum absolute atomic E-state index is 0.256. The van der Waals surface area contributed by atoms with Crippen LogP contribution < -0.4 is 5.32 Å². The van der Waals surface area contributed by atoms with E-state index in [0.717, 1.165) is 23.1 Å². The number of hydrogen-bond donors (Lipinski definition) is 2. The van der Waals surface area contributed by atoms with Crippen LogP contribution in [0.3, 0.4) is 0 Å². The minimum atomic E-state index is 0.256. The van der Waals surface area contributed by atoms with Crippen molar-refractivity contribution in [3.8, 4) is 5.75 Å². The maximum Gasteiger partial charge on any atom is 0.117 e. The van der Waals surface area contributed by atoms with E-state index in [4.69, 9.17) is 0 Å². The summed E-state index contributed by atoms with van der Waals surface area (Å²) >= 11 is 0. The zero-order chi connectivity index (χ0) is 9.97. The fourth-order valence-corrected chi connectivity index (χ4v) is 1.43. The highest BCUT2D eigenvalue weighted by Gasteiger charge is 1.98. The van der Waals surface area contributed by atoms with Crippen molar-refractivity contribution in [2.45, 2.75) is 6.54 Å². The van der Waals surface area contributed by atoms with Gasteiger partial charge in [0.25, 0.3) is 0 Å². The smallest absolute Gasteiger partial charge is 0.117 e. The SMILES string of the molecule is CNCc1ccc2ccc(O)cc2n1. The van der Waals surface area contributed by atoms with Gasteiger partial charge in [-0.1, -0.05) is 6.07 Å². The van der Waals surface area contributed by atoms with Gasteiger partial charge in [-0.2, -0.15) is 0 Å². The molecule has 72 valence electrons. The summed E-state index contributed by atoms with van der Waals surface area (Å²) in [6.45, 7) is 0.742. The van der Waals surface area contributed by atoms with Crippen LogP contribution in [0.25, 0.3) is 10.9 Å². The normalized spacial score (nSPS) is 10.6. The van der Waals surface area contributed by atoms with Crippen molar-refractivity contribution >= 4 is 10.9 Å². The molecule has 0 aliphatic rings. The number of pyridine rings is 1. The van der Waals surface area contributed by atoms with E-state index in [-0.39, 0.29) is 5.75 Å². The molecule has 0 atom stereocenters. The lowest BCUT2D eigenvalue weighted by Crippen LogP contribution is -2.06. The van der Waals surface area contributed by atoms with Gasteiger partial charge in [0, 0.05) is 18.0 Å². The molecule has 0 amide bonds. The van der Waals surface area contributed by atoms with Gasteiger partial charge in [-0.15, -0.1) is 0 Å². The van der Waals surface area contributed by atoms with E-state index < -0.39 is 0 Å². The van der Waals surface area contributed by atoms with Crippen LogP contribution in [0.5, 0.6) is 5.75 Å². The highest BCUT2D eigenvalue weighted by Crippen LogP contribution is 2.18. The van der Waals surface area contributed by atoms with E-state index in [1.54, 1.807) is 12.1 Å². The number of aromatic hydroxyl groups is 1. The second kappa shape index (κ2) is 3.64. The van der Waals surface area contributed by atoms with Gasteiger partial charge in [0.15, 0.2) is 0 Å². The first-order chi connectivity index (χ1) is 6.79. The Morgan fingerprint density at radius 3 is 2.86 bits per heavy atom. The lowest BCUT2D eigenvalue weighted by atomic mass is 10.2. The molecule has 2 N–H and O–H groups in total. The van der Waals surface area contributed by atoms with Crippen molar-refractivity contribution in [3.63, 3.8) is 0 Å². The molecule has 0 unspecified atom stereocenters. The van der Waals surface area contributed by atoms with Crippen LogP contribution in [0.15, 0.2) is 30.3 Å². The molecule has 2 rings (SSSR count). The lowest BCUT2D eigenvalue weighted by molar-refractivity contribution is 0.476. The molecule has 0 aliphatic heterocycles. The van der Waals surface area contributed by atoms with E-state index in [0.29, 0.717) is 0 Å². The fourth-order valence-electron chi connectivity index (χ4n) is 1.43. The maximum atomic E-state index is 9.30. The summed E-state index contributed by atoms with van der Waals surface area (Å²) in [6, 6.07) is 9.20. The molecule has 0 fully saturated rings. The first-order valence-electron chi connectivity index (χ1n) is 4.53. The molecule has 1 aromatic heterocycles. The standard InChI is InChI=1S/C11H12N2O/c1-12-7-9-4-2-8-3-5-10(14)6-11(8)13-9/h2-6,12,14H,7H2,1H3. The predicted octanol–water partition coefficient (Wildman–Crippen LogP) is 1.66. The van der Waals surface area contributed by atoms with Crippen LogP contribution >= 0.6 is 0 Å². The molecule has 0 radical (unpaired) electrons. The van der Waals surface area contributed by atoms with Gasteiger partial charge in [0.1, 0.15) is 5.75 Å². The number of phenols is 1. The Morgan fingerprint density at radius 1 is 1.29 bits per heavy atom. The summed E-state index contributed by atoms with van der Waals surface area (Å²) in [5.74, 6) is 0.256. The zero-order valence-electron chi connectivity index (χ0n) is 7.99. The van der Waals surface area contributed by atoms with Gasteiger partial charge in [-0.3, -0.25) is 4.98 Å². The summed E-state index contributed by atoms with van der Waals surface area (Å²) < 4.78 is 0. The quantitative estimate of drug-likeness (QED) is 0.753. The van der Waals surface area contributed by atoms with Crippen LogP contribution in [0.2, 0.25) is 0 Å². The summed E-state index contributed by atoms with van der Waals surface area (Å²) in [4.78, 5) is 4.40. The molecule has 3 nitrogen and oxygen atoms in total. The summed E-state index contributed by atoms with van der Waals surface area (Å²) in [6.07, 6.45) is 0. The Morgan fingerprint density at radius 2 is 2.07 bits per heavy atom. The average molecular weight is 188 g/mol. The molecule has 1 aromatic carbocycles. The van der Waals surface area contributed by atoms with Crippen molar-refractivity contribution in [1.82, 2.24) is 10.3 Å². The number of aromatic nitrogens is 1. The van der Waals surface area contributed by atoms with Gasteiger partial charge in [-0.05, 0) is 25.2 Å². The van der Waals surface area contributed by atoms with Gasteiger partial charge in [0.05, 0.1) is 11.2 Å². The number of benzene rings is 1. The van der Waals surface area contributed by atoms with Crippen LogP contribution in [-0.2, 0) is 6.54 Å². The first kappa shape index (κ1) is 8.97. The van der Waals surface area contributed by atoms with Gasteiger partial charge < -0.3 is 10.4 Å². The molecule has 0 saturated carbocycles. The largest absolute Gasteiger partial charge is 0.508 e. The van der Waals surface area contributed by atoms with Crippen LogP contribution in [0, 0.1) is 0 Å². The van der Waals surface area contributed by atoms with Crippen LogP contribution in [-0.4, -0.2) is 17.1 Å². The average Bonchev–Trinajstić information content (AvgIpc) is 2.17. The molecule has 0 spiro atoms. The molecule has 3 heteroatoms. The molecule has 0 saturated heterocycles. The molecule has 0 aliphatic carbocycles. The fraction of sp³-hybridized carbons (Fsp3) is 0.182. The van der Waals surface area contributed by atoms with Gasteiger partial charge in [-0.25, -0.2) is 0 Å². The Balaban J connectivity index is 2.52. The van der Waals surface area contributed by atoms with Crippen molar-refractivity contribution in [2.75, 3.05) is 7.05 Å². The maximum absolute atomic E-state index is 9.30. The summed E-state index contributed by atoms with van der Waals surface area (Å²) in [5, 5.41) is 13.4. The van der Waals surface area contributed by atoms with Crippen molar-refractivity contribution in [2.24, 2.45) is 0 Å². The Labute approximate surface area is 82.4 Å². The second-order valence-corrected chi connectivity index (χ2v) is 3.21. The third-order valence-corrected chi connectivity index (χ3v) is 2.09. The Kier molecular flexibility index (Phi) is 2.33. The van der Waals surface area contributed by atoms with Crippen LogP contribution in [0.4, 0.5) is 0 Å². The summed E-state index contributed by atoms with van der Waals surface area (Å²) in [7, 11) is 1.88. The first-order valence-corrected chi connectivity index (χ1v) is 4.53. The monoisotopic (exact) mass is 188 g/mol. The molecule has 1 heterocycles. The highest BCUT2D eigenvalue weighted by molar-refractivity contribution is 5.79. The number of phenolic OH excluding ortho intramolecular Hbond substituents is 1. The number of rotatable bonds is 2. The van der Waals surface area contributed by atoms with Gasteiger partial charge >= 0.3 is 0 Å². The number of nitrogens with zero attached hydrogens (tertiary/aromatic N) is 1. The minimum Gasteiger partial charge on any atom is -0.508 e. The van der Waals surface area contributed by atoms with Crippen LogP contribution in [0.1, 0.15) is 5.69 Å². The third kappa shape index (κ3) is 1.67.